The molecule has 3 rings (SSSR count). The maximum atomic E-state index is 12.9. The fourth-order valence-electron chi connectivity index (χ4n) is 3.32. The van der Waals surface area contributed by atoms with Gasteiger partial charge in [0.25, 0.3) is 0 Å². The maximum Gasteiger partial charge on any atom is 0.309 e. The zero-order chi connectivity index (χ0) is 16.6. The van der Waals surface area contributed by atoms with Gasteiger partial charge >= 0.3 is 5.97 Å². The molecular weight excluding hydrogens is 316 g/mol. The standard InChI is InChI=1S/C17H18O5S/c1-21-11-8-13-14(9-11)16(10-15(13)17(18)22-2)23(19,20)12-6-4-3-5-7-12/h3-7,9,13,15H,8,10H2,1-2H3/t13-,15+/m1/s1. The minimum Gasteiger partial charge on any atom is -0.501 e. The SMILES string of the molecule is COC(=O)[C@H]1CC(S(=O)(=O)c2ccccc2)=C2C=C(OC)C[C@H]21. The van der Waals surface area contributed by atoms with Crippen LogP contribution in [0.4, 0.5) is 0 Å². The molecular formula is C17H18O5S. The van der Waals surface area contributed by atoms with Gasteiger partial charge in [-0.3, -0.25) is 4.79 Å². The maximum absolute atomic E-state index is 12.9. The largest absolute Gasteiger partial charge is 0.501 e. The lowest BCUT2D eigenvalue weighted by atomic mass is 9.92. The van der Waals surface area contributed by atoms with Crippen molar-refractivity contribution in [3.05, 3.63) is 52.6 Å². The Bertz CT molecular complexity index is 790. The van der Waals surface area contributed by atoms with Crippen molar-refractivity contribution in [3.63, 3.8) is 0 Å². The van der Waals surface area contributed by atoms with E-state index in [1.54, 1.807) is 43.5 Å². The minimum atomic E-state index is -3.63. The van der Waals surface area contributed by atoms with Crippen molar-refractivity contribution in [2.24, 2.45) is 11.8 Å². The molecule has 6 heteroatoms. The van der Waals surface area contributed by atoms with Crippen LogP contribution < -0.4 is 0 Å². The first-order chi connectivity index (χ1) is 11.0. The Labute approximate surface area is 135 Å². The molecule has 5 nitrogen and oxygen atoms in total. The lowest BCUT2D eigenvalue weighted by molar-refractivity contribution is -0.146. The molecule has 23 heavy (non-hydrogen) atoms. The van der Waals surface area contributed by atoms with Crippen LogP contribution in [-0.2, 0) is 24.1 Å². The van der Waals surface area contributed by atoms with Crippen LogP contribution in [0.2, 0.25) is 0 Å². The highest BCUT2D eigenvalue weighted by molar-refractivity contribution is 7.95. The van der Waals surface area contributed by atoms with Crippen molar-refractivity contribution >= 4 is 15.8 Å². The Hall–Kier alpha value is -2.08. The summed E-state index contributed by atoms with van der Waals surface area (Å²) in [5.41, 5.74) is 0.682. The van der Waals surface area contributed by atoms with Crippen molar-refractivity contribution in [1.82, 2.24) is 0 Å². The van der Waals surface area contributed by atoms with E-state index in [0.717, 1.165) is 0 Å². The number of benzene rings is 1. The molecule has 1 aromatic rings. The molecule has 0 aromatic heterocycles. The number of fused-ring (bicyclic) bond motifs is 1. The number of rotatable bonds is 4. The van der Waals surface area contributed by atoms with E-state index in [4.69, 9.17) is 9.47 Å². The van der Waals surface area contributed by atoms with Crippen LogP contribution in [0.25, 0.3) is 0 Å². The Morgan fingerprint density at radius 3 is 2.43 bits per heavy atom. The fourth-order valence-corrected chi connectivity index (χ4v) is 5.04. The second-order valence-corrected chi connectivity index (χ2v) is 7.63. The van der Waals surface area contributed by atoms with Gasteiger partial charge in [-0.1, -0.05) is 18.2 Å². The monoisotopic (exact) mass is 334 g/mol. The molecule has 2 atom stereocenters. The number of hydrogen-bond acceptors (Lipinski definition) is 5. The predicted molar refractivity (Wildman–Crippen MR) is 84.0 cm³/mol. The van der Waals surface area contributed by atoms with Gasteiger partial charge in [-0.25, -0.2) is 8.42 Å². The number of carbonyl (C=O) groups is 1. The Balaban J connectivity index is 2.08. The van der Waals surface area contributed by atoms with Gasteiger partial charge in [0.2, 0.25) is 9.84 Å². The van der Waals surface area contributed by atoms with Gasteiger partial charge in [-0.05, 0) is 30.2 Å². The summed E-state index contributed by atoms with van der Waals surface area (Å²) in [4.78, 5) is 12.6. The molecule has 0 aliphatic heterocycles. The molecule has 0 unspecified atom stereocenters. The highest BCUT2D eigenvalue weighted by Gasteiger charge is 2.46. The van der Waals surface area contributed by atoms with Crippen molar-refractivity contribution in [1.29, 1.82) is 0 Å². The summed E-state index contributed by atoms with van der Waals surface area (Å²) in [6.45, 7) is 0. The van der Waals surface area contributed by atoms with Gasteiger partial charge in [0, 0.05) is 12.3 Å². The quantitative estimate of drug-likeness (QED) is 0.791. The van der Waals surface area contributed by atoms with E-state index in [1.165, 1.54) is 7.11 Å². The van der Waals surface area contributed by atoms with Crippen molar-refractivity contribution < 1.29 is 22.7 Å². The molecule has 0 amide bonds. The molecule has 2 aliphatic carbocycles. The Kier molecular flexibility index (Phi) is 4.02. The summed E-state index contributed by atoms with van der Waals surface area (Å²) in [6, 6.07) is 8.28. The lowest BCUT2D eigenvalue weighted by Crippen LogP contribution is -2.21. The van der Waals surface area contributed by atoms with E-state index >= 15 is 0 Å². The number of sulfone groups is 1. The zero-order valence-corrected chi connectivity index (χ0v) is 13.8. The van der Waals surface area contributed by atoms with Crippen molar-refractivity contribution in [3.8, 4) is 0 Å². The van der Waals surface area contributed by atoms with Gasteiger partial charge in [0.05, 0.1) is 35.7 Å². The van der Waals surface area contributed by atoms with E-state index in [0.29, 0.717) is 22.7 Å². The van der Waals surface area contributed by atoms with Crippen LogP contribution in [0, 0.1) is 11.8 Å². The summed E-state index contributed by atoms with van der Waals surface area (Å²) in [5.74, 6) is -0.353. The second kappa shape index (κ2) is 5.85. The van der Waals surface area contributed by atoms with Gasteiger partial charge in [0.1, 0.15) is 0 Å². The number of ether oxygens (including phenoxy) is 2. The molecule has 0 N–H and O–H groups in total. The van der Waals surface area contributed by atoms with Gasteiger partial charge in [-0.15, -0.1) is 0 Å². The Morgan fingerprint density at radius 1 is 1.13 bits per heavy atom. The van der Waals surface area contributed by atoms with Crippen LogP contribution in [-0.4, -0.2) is 28.6 Å². The van der Waals surface area contributed by atoms with Crippen LogP contribution in [0.3, 0.4) is 0 Å². The summed E-state index contributed by atoms with van der Waals surface area (Å²) < 4.78 is 36.0. The lowest BCUT2D eigenvalue weighted by Gasteiger charge is -2.15. The molecule has 0 heterocycles. The zero-order valence-electron chi connectivity index (χ0n) is 13.0. The summed E-state index contributed by atoms with van der Waals surface area (Å²) in [5, 5.41) is 0. The van der Waals surface area contributed by atoms with Crippen LogP contribution in [0.1, 0.15) is 12.8 Å². The average Bonchev–Trinajstić information content (AvgIpc) is 3.13. The minimum absolute atomic E-state index is 0.178. The molecule has 1 aromatic carbocycles. The van der Waals surface area contributed by atoms with Gasteiger partial charge < -0.3 is 9.47 Å². The molecule has 0 radical (unpaired) electrons. The number of hydrogen-bond donors (Lipinski definition) is 0. The normalized spacial score (nSPS) is 23.5. The summed E-state index contributed by atoms with van der Waals surface area (Å²) >= 11 is 0. The molecule has 2 aliphatic rings. The highest BCUT2D eigenvalue weighted by atomic mass is 32.2. The van der Waals surface area contributed by atoms with E-state index in [9.17, 15) is 13.2 Å². The number of allylic oxidation sites excluding steroid dienone is 4. The third-order valence-corrected chi connectivity index (χ3v) is 6.44. The van der Waals surface area contributed by atoms with E-state index in [1.807, 2.05) is 0 Å². The number of methoxy groups -OCH3 is 2. The van der Waals surface area contributed by atoms with Crippen molar-refractivity contribution in [2.45, 2.75) is 17.7 Å². The molecule has 0 saturated carbocycles. The van der Waals surface area contributed by atoms with Gasteiger partial charge in [-0.2, -0.15) is 0 Å². The molecule has 0 spiro atoms. The van der Waals surface area contributed by atoms with Crippen LogP contribution in [0.5, 0.6) is 0 Å². The number of esters is 1. The van der Waals surface area contributed by atoms with Crippen LogP contribution >= 0.6 is 0 Å². The fraction of sp³-hybridized carbons (Fsp3) is 0.353. The third kappa shape index (κ3) is 2.57. The molecule has 0 saturated heterocycles. The molecule has 122 valence electrons. The topological polar surface area (TPSA) is 69.7 Å². The second-order valence-electron chi connectivity index (χ2n) is 5.65. The van der Waals surface area contributed by atoms with Crippen LogP contribution in [0.15, 0.2) is 57.5 Å². The Morgan fingerprint density at radius 2 is 1.83 bits per heavy atom. The first kappa shape index (κ1) is 15.8. The van der Waals surface area contributed by atoms with Crippen molar-refractivity contribution in [2.75, 3.05) is 14.2 Å². The van der Waals surface area contributed by atoms with E-state index in [2.05, 4.69) is 0 Å². The summed E-state index contributed by atoms with van der Waals surface area (Å²) in [7, 11) is -0.755. The number of carbonyl (C=O) groups excluding carboxylic acids is 1. The molecule has 0 fully saturated rings. The van der Waals surface area contributed by atoms with Gasteiger partial charge in [0.15, 0.2) is 0 Å². The smallest absolute Gasteiger partial charge is 0.309 e. The first-order valence-corrected chi connectivity index (χ1v) is 8.83. The highest BCUT2D eigenvalue weighted by Crippen LogP contribution is 2.49. The third-order valence-electron chi connectivity index (χ3n) is 4.49. The van der Waals surface area contributed by atoms with E-state index in [-0.39, 0.29) is 23.2 Å². The van der Waals surface area contributed by atoms with E-state index < -0.39 is 15.8 Å². The summed E-state index contributed by atoms with van der Waals surface area (Å²) in [6.07, 6.45) is 2.46. The predicted octanol–water partition coefficient (Wildman–Crippen LogP) is 2.46. The molecule has 0 bridgehead atoms. The average molecular weight is 334 g/mol. The first-order valence-electron chi connectivity index (χ1n) is 7.34.